The van der Waals surface area contributed by atoms with Crippen molar-refractivity contribution in [1.82, 2.24) is 15.2 Å². The summed E-state index contributed by atoms with van der Waals surface area (Å²) in [7, 11) is 0. The van der Waals surface area contributed by atoms with Gasteiger partial charge >= 0.3 is 0 Å². The number of piperidine rings is 1. The Labute approximate surface area is 131 Å². The third-order valence-electron chi connectivity index (χ3n) is 4.40. The minimum Gasteiger partial charge on any atom is -0.361 e. The molecule has 4 heteroatoms. The molecule has 0 spiro atoms. The molecule has 114 valence electrons. The second-order valence-electron chi connectivity index (χ2n) is 5.97. The van der Waals surface area contributed by atoms with Crippen molar-refractivity contribution >= 4 is 22.5 Å². The highest BCUT2D eigenvalue weighted by Gasteiger charge is 2.21. The summed E-state index contributed by atoms with van der Waals surface area (Å²) in [5, 5.41) is 5.62. The van der Waals surface area contributed by atoms with E-state index >= 15 is 0 Å². The standard InChI is InChI=1S/C17H24ClN3/c1-2-8-21(15-4-3-7-19-11-15)12-13-10-20-17-9-14(18)5-6-16(13)17/h5-6,9-10,15,19-20H,2-4,7-8,11-12H2,1H3. The smallest absolute Gasteiger partial charge is 0.0472 e. The number of rotatable bonds is 5. The van der Waals surface area contributed by atoms with Gasteiger partial charge < -0.3 is 10.3 Å². The van der Waals surface area contributed by atoms with Gasteiger partial charge in [-0.15, -0.1) is 0 Å². The van der Waals surface area contributed by atoms with Crippen LogP contribution >= 0.6 is 11.6 Å². The molecule has 1 fully saturated rings. The van der Waals surface area contributed by atoms with E-state index in [0.29, 0.717) is 6.04 Å². The maximum Gasteiger partial charge on any atom is 0.0472 e. The predicted molar refractivity (Wildman–Crippen MR) is 89.9 cm³/mol. The first-order chi connectivity index (χ1) is 10.3. The first-order valence-electron chi connectivity index (χ1n) is 7.98. The zero-order valence-corrected chi connectivity index (χ0v) is 13.4. The second-order valence-corrected chi connectivity index (χ2v) is 6.41. The Balaban J connectivity index is 1.80. The second kappa shape index (κ2) is 6.82. The molecule has 1 aromatic heterocycles. The van der Waals surface area contributed by atoms with Gasteiger partial charge in [-0.1, -0.05) is 24.6 Å². The topological polar surface area (TPSA) is 31.1 Å². The molecule has 0 saturated carbocycles. The number of hydrogen-bond donors (Lipinski definition) is 2. The molecule has 1 aliphatic rings. The summed E-state index contributed by atoms with van der Waals surface area (Å²) in [5.74, 6) is 0. The molecule has 0 bridgehead atoms. The van der Waals surface area contributed by atoms with Crippen LogP contribution in [0, 0.1) is 0 Å². The SMILES string of the molecule is CCCN(Cc1c[nH]c2cc(Cl)ccc12)C1CCCNC1. The van der Waals surface area contributed by atoms with Crippen molar-refractivity contribution in [3.63, 3.8) is 0 Å². The normalized spacial score (nSPS) is 19.5. The highest BCUT2D eigenvalue weighted by atomic mass is 35.5. The Morgan fingerprint density at radius 3 is 3.05 bits per heavy atom. The summed E-state index contributed by atoms with van der Waals surface area (Å²) in [6.07, 6.45) is 5.93. The summed E-state index contributed by atoms with van der Waals surface area (Å²) in [4.78, 5) is 5.98. The molecule has 1 aromatic carbocycles. The van der Waals surface area contributed by atoms with E-state index in [-0.39, 0.29) is 0 Å². The van der Waals surface area contributed by atoms with Gasteiger partial charge in [0.2, 0.25) is 0 Å². The quantitative estimate of drug-likeness (QED) is 0.880. The van der Waals surface area contributed by atoms with E-state index in [1.165, 1.54) is 36.8 Å². The zero-order valence-electron chi connectivity index (χ0n) is 12.7. The Bertz CT molecular complexity index is 587. The van der Waals surface area contributed by atoms with Crippen molar-refractivity contribution in [3.05, 3.63) is 35.0 Å². The summed E-state index contributed by atoms with van der Waals surface area (Å²) in [6, 6.07) is 6.78. The molecule has 21 heavy (non-hydrogen) atoms. The molecule has 1 saturated heterocycles. The molecule has 1 atom stereocenters. The first kappa shape index (κ1) is 14.9. The van der Waals surface area contributed by atoms with Crippen molar-refractivity contribution in [2.45, 2.75) is 38.8 Å². The van der Waals surface area contributed by atoms with Crippen molar-refractivity contribution in [2.24, 2.45) is 0 Å². The van der Waals surface area contributed by atoms with E-state index in [9.17, 15) is 0 Å². The Morgan fingerprint density at radius 1 is 1.38 bits per heavy atom. The van der Waals surface area contributed by atoms with Crippen LogP contribution < -0.4 is 5.32 Å². The number of halogens is 1. The number of H-pyrrole nitrogens is 1. The van der Waals surface area contributed by atoms with Gasteiger partial charge in [0.05, 0.1) is 0 Å². The number of benzene rings is 1. The van der Waals surface area contributed by atoms with Crippen LogP contribution in [0.2, 0.25) is 5.02 Å². The monoisotopic (exact) mass is 305 g/mol. The van der Waals surface area contributed by atoms with Crippen LogP contribution in [0.4, 0.5) is 0 Å². The van der Waals surface area contributed by atoms with E-state index in [1.54, 1.807) is 0 Å². The molecular weight excluding hydrogens is 282 g/mol. The van der Waals surface area contributed by atoms with E-state index < -0.39 is 0 Å². The fourth-order valence-corrected chi connectivity index (χ4v) is 3.50. The van der Waals surface area contributed by atoms with Crippen LogP contribution in [-0.2, 0) is 6.54 Å². The maximum absolute atomic E-state index is 6.07. The van der Waals surface area contributed by atoms with Crippen LogP contribution in [-0.4, -0.2) is 35.6 Å². The van der Waals surface area contributed by atoms with Gasteiger partial charge in [-0.05, 0) is 50.0 Å². The molecular formula is C17H24ClN3. The average molecular weight is 306 g/mol. The van der Waals surface area contributed by atoms with E-state index in [1.807, 2.05) is 12.1 Å². The summed E-state index contributed by atoms with van der Waals surface area (Å²) < 4.78 is 0. The molecule has 3 rings (SSSR count). The highest BCUT2D eigenvalue weighted by Crippen LogP contribution is 2.24. The summed E-state index contributed by atoms with van der Waals surface area (Å²) >= 11 is 6.07. The summed E-state index contributed by atoms with van der Waals surface area (Å²) in [6.45, 7) is 6.73. The van der Waals surface area contributed by atoms with Gasteiger partial charge in [0.25, 0.3) is 0 Å². The predicted octanol–water partition coefficient (Wildman–Crippen LogP) is 3.79. The van der Waals surface area contributed by atoms with Gasteiger partial charge in [-0.2, -0.15) is 0 Å². The number of hydrogen-bond acceptors (Lipinski definition) is 2. The van der Waals surface area contributed by atoms with E-state index in [0.717, 1.165) is 30.2 Å². The molecule has 2 heterocycles. The molecule has 0 radical (unpaired) electrons. The Hall–Kier alpha value is -1.03. The van der Waals surface area contributed by atoms with Crippen LogP contribution in [0.3, 0.4) is 0 Å². The lowest BCUT2D eigenvalue weighted by atomic mass is 10.0. The lowest BCUT2D eigenvalue weighted by Crippen LogP contribution is -2.45. The number of nitrogens with zero attached hydrogens (tertiary/aromatic N) is 1. The van der Waals surface area contributed by atoms with Gasteiger partial charge in [-0.25, -0.2) is 0 Å². The molecule has 2 N–H and O–H groups in total. The van der Waals surface area contributed by atoms with Crippen molar-refractivity contribution in [2.75, 3.05) is 19.6 Å². The van der Waals surface area contributed by atoms with Crippen molar-refractivity contribution in [3.8, 4) is 0 Å². The number of nitrogens with one attached hydrogen (secondary N) is 2. The Morgan fingerprint density at radius 2 is 2.29 bits per heavy atom. The lowest BCUT2D eigenvalue weighted by molar-refractivity contribution is 0.158. The minimum atomic E-state index is 0.663. The molecule has 1 aliphatic heterocycles. The minimum absolute atomic E-state index is 0.663. The van der Waals surface area contributed by atoms with Gasteiger partial charge in [0, 0.05) is 41.3 Å². The lowest BCUT2D eigenvalue weighted by Gasteiger charge is -2.34. The van der Waals surface area contributed by atoms with Gasteiger partial charge in [0.1, 0.15) is 0 Å². The van der Waals surface area contributed by atoms with Crippen LogP contribution in [0.5, 0.6) is 0 Å². The molecule has 0 aliphatic carbocycles. The Kier molecular flexibility index (Phi) is 4.84. The molecule has 1 unspecified atom stereocenters. The number of aromatic amines is 1. The number of fused-ring (bicyclic) bond motifs is 1. The van der Waals surface area contributed by atoms with Gasteiger partial charge in [0.15, 0.2) is 0 Å². The van der Waals surface area contributed by atoms with Crippen LogP contribution in [0.1, 0.15) is 31.7 Å². The maximum atomic E-state index is 6.07. The largest absolute Gasteiger partial charge is 0.361 e. The van der Waals surface area contributed by atoms with Crippen molar-refractivity contribution < 1.29 is 0 Å². The van der Waals surface area contributed by atoms with Gasteiger partial charge in [-0.3, -0.25) is 4.90 Å². The average Bonchev–Trinajstić information content (AvgIpc) is 2.90. The molecule has 3 nitrogen and oxygen atoms in total. The number of aromatic nitrogens is 1. The zero-order chi connectivity index (χ0) is 14.7. The van der Waals surface area contributed by atoms with Crippen LogP contribution in [0.25, 0.3) is 10.9 Å². The van der Waals surface area contributed by atoms with Crippen LogP contribution in [0.15, 0.2) is 24.4 Å². The molecule has 0 amide bonds. The third-order valence-corrected chi connectivity index (χ3v) is 4.64. The van der Waals surface area contributed by atoms with Crippen molar-refractivity contribution in [1.29, 1.82) is 0 Å². The third kappa shape index (κ3) is 3.42. The van der Waals surface area contributed by atoms with E-state index in [4.69, 9.17) is 11.6 Å². The molecule has 2 aromatic rings. The highest BCUT2D eigenvalue weighted by molar-refractivity contribution is 6.31. The van der Waals surface area contributed by atoms with E-state index in [2.05, 4.69) is 34.4 Å². The fraction of sp³-hybridized carbons (Fsp3) is 0.529. The fourth-order valence-electron chi connectivity index (χ4n) is 3.33. The summed E-state index contributed by atoms with van der Waals surface area (Å²) in [5.41, 5.74) is 2.51. The first-order valence-corrected chi connectivity index (χ1v) is 8.36.